The molecule has 2 aromatic carbocycles. The minimum Gasteiger partial charge on any atom is -0.465 e. The van der Waals surface area contributed by atoms with Gasteiger partial charge in [-0.1, -0.05) is 12.1 Å². The predicted molar refractivity (Wildman–Crippen MR) is 109 cm³/mol. The van der Waals surface area contributed by atoms with Gasteiger partial charge in [0.25, 0.3) is 5.91 Å². The third-order valence-corrected chi connectivity index (χ3v) is 4.27. The van der Waals surface area contributed by atoms with Crippen LogP contribution in [0.25, 0.3) is 11.4 Å². The topological polar surface area (TPSA) is 77.2 Å². The van der Waals surface area contributed by atoms with Crippen LogP contribution in [0.3, 0.4) is 0 Å². The molecule has 4 aromatic rings. The van der Waals surface area contributed by atoms with Crippen molar-refractivity contribution in [2.24, 2.45) is 0 Å². The molecule has 0 radical (unpaired) electrons. The van der Waals surface area contributed by atoms with Crippen LogP contribution in [0.5, 0.6) is 11.6 Å². The molecule has 0 spiro atoms. The number of halogens is 1. The van der Waals surface area contributed by atoms with Crippen LogP contribution in [0.1, 0.15) is 21.9 Å². The number of nitrogens with one attached hydrogen (secondary N) is 1. The first-order valence-corrected chi connectivity index (χ1v) is 9.27. The molecule has 0 fully saturated rings. The molecule has 30 heavy (non-hydrogen) atoms. The van der Waals surface area contributed by atoms with E-state index in [0.717, 1.165) is 5.76 Å². The molecule has 2 heterocycles. The highest BCUT2D eigenvalue weighted by Crippen LogP contribution is 2.23. The number of rotatable bonds is 6. The molecule has 0 atom stereocenters. The number of carbonyl (C=O) groups is 1. The number of amides is 1. The summed E-state index contributed by atoms with van der Waals surface area (Å²) >= 11 is 0. The molecule has 0 saturated heterocycles. The summed E-state index contributed by atoms with van der Waals surface area (Å²) in [7, 11) is 0. The highest BCUT2D eigenvalue weighted by molar-refractivity contribution is 5.94. The summed E-state index contributed by atoms with van der Waals surface area (Å²) in [6.45, 7) is 2.16. The fourth-order valence-electron chi connectivity index (χ4n) is 2.81. The van der Waals surface area contributed by atoms with Gasteiger partial charge >= 0.3 is 0 Å². The van der Waals surface area contributed by atoms with Crippen molar-refractivity contribution >= 4 is 5.91 Å². The summed E-state index contributed by atoms with van der Waals surface area (Å²) in [4.78, 5) is 20.7. The molecule has 7 heteroatoms. The Bertz CT molecular complexity index is 1170. The number of aromatic nitrogens is 2. The molecule has 0 bridgehead atoms. The highest BCUT2D eigenvalue weighted by atomic mass is 19.1. The van der Waals surface area contributed by atoms with Gasteiger partial charge in [0.2, 0.25) is 5.88 Å². The van der Waals surface area contributed by atoms with Crippen molar-refractivity contribution < 1.29 is 18.3 Å². The molecule has 1 N–H and O–H groups in total. The number of nitrogens with zero attached hydrogens (tertiary/aromatic N) is 2. The average Bonchev–Trinajstić information content (AvgIpc) is 3.18. The van der Waals surface area contributed by atoms with Crippen LogP contribution in [0.15, 0.2) is 77.3 Å². The van der Waals surface area contributed by atoms with Crippen LogP contribution < -0.4 is 10.1 Å². The van der Waals surface area contributed by atoms with Gasteiger partial charge in [-0.25, -0.2) is 9.37 Å². The summed E-state index contributed by atoms with van der Waals surface area (Å²) in [5.41, 5.74) is 1.05. The van der Waals surface area contributed by atoms with Crippen molar-refractivity contribution in [3.63, 3.8) is 0 Å². The molecule has 1 amide bonds. The monoisotopic (exact) mass is 403 g/mol. The zero-order valence-corrected chi connectivity index (χ0v) is 16.1. The van der Waals surface area contributed by atoms with E-state index in [9.17, 15) is 9.18 Å². The summed E-state index contributed by atoms with van der Waals surface area (Å²) in [6, 6.07) is 18.0. The van der Waals surface area contributed by atoms with E-state index in [1.54, 1.807) is 48.7 Å². The fraction of sp³-hybridized carbons (Fsp3) is 0.0870. The Morgan fingerprint density at radius 3 is 2.67 bits per heavy atom. The number of ether oxygens (including phenoxy) is 1. The lowest BCUT2D eigenvalue weighted by atomic mass is 10.2. The standard InChI is InChI=1S/C23H18FN3O3/c1-15-5-8-20(29-15)14-26-23(28)16-6-9-19(10-7-16)30-21-11-12-25-22(27-21)17-3-2-4-18(24)13-17/h2-13H,14H2,1H3,(H,26,28). The van der Waals surface area contributed by atoms with E-state index in [2.05, 4.69) is 15.3 Å². The van der Waals surface area contributed by atoms with Crippen LogP contribution in [0.4, 0.5) is 4.39 Å². The minimum atomic E-state index is -0.363. The SMILES string of the molecule is Cc1ccc(CNC(=O)c2ccc(Oc3ccnc(-c4cccc(F)c4)n3)cc2)o1. The zero-order chi connectivity index (χ0) is 20.9. The summed E-state index contributed by atoms with van der Waals surface area (Å²) in [6.07, 6.45) is 1.54. The Balaban J connectivity index is 1.41. The van der Waals surface area contributed by atoms with Crippen molar-refractivity contribution in [2.75, 3.05) is 0 Å². The molecular weight excluding hydrogens is 385 g/mol. The second-order valence-corrected chi connectivity index (χ2v) is 6.55. The van der Waals surface area contributed by atoms with Gasteiger partial charge in [-0.05, 0) is 55.5 Å². The first-order valence-electron chi connectivity index (χ1n) is 9.27. The van der Waals surface area contributed by atoms with Gasteiger partial charge in [0.15, 0.2) is 5.82 Å². The van der Waals surface area contributed by atoms with Crippen LogP contribution in [0.2, 0.25) is 0 Å². The lowest BCUT2D eigenvalue weighted by Gasteiger charge is -2.08. The van der Waals surface area contributed by atoms with Gasteiger partial charge < -0.3 is 14.5 Å². The summed E-state index contributed by atoms with van der Waals surface area (Å²) in [5.74, 6) is 2.09. The maximum Gasteiger partial charge on any atom is 0.251 e. The van der Waals surface area contributed by atoms with Gasteiger partial charge in [-0.3, -0.25) is 4.79 Å². The fourth-order valence-corrected chi connectivity index (χ4v) is 2.81. The maximum atomic E-state index is 13.4. The van der Waals surface area contributed by atoms with E-state index < -0.39 is 0 Å². The van der Waals surface area contributed by atoms with E-state index in [-0.39, 0.29) is 11.7 Å². The molecular formula is C23H18FN3O3. The Labute approximate surface area is 172 Å². The van der Waals surface area contributed by atoms with Gasteiger partial charge in [-0.15, -0.1) is 0 Å². The molecule has 0 aliphatic heterocycles. The number of benzene rings is 2. The number of carbonyl (C=O) groups excluding carboxylic acids is 1. The van der Waals surface area contributed by atoms with E-state index in [0.29, 0.717) is 40.9 Å². The highest BCUT2D eigenvalue weighted by Gasteiger charge is 2.09. The lowest BCUT2D eigenvalue weighted by molar-refractivity contribution is 0.0948. The number of furan rings is 1. The molecule has 6 nitrogen and oxygen atoms in total. The normalized spacial score (nSPS) is 10.6. The van der Waals surface area contributed by atoms with Gasteiger partial charge in [0.1, 0.15) is 23.1 Å². The third kappa shape index (κ3) is 4.70. The molecule has 150 valence electrons. The summed E-state index contributed by atoms with van der Waals surface area (Å²) in [5, 5.41) is 2.80. The van der Waals surface area contributed by atoms with Crippen molar-refractivity contribution in [1.29, 1.82) is 0 Å². The molecule has 0 aliphatic carbocycles. The second kappa shape index (κ2) is 8.57. The van der Waals surface area contributed by atoms with Crippen LogP contribution in [0, 0.1) is 12.7 Å². The lowest BCUT2D eigenvalue weighted by Crippen LogP contribution is -2.22. The molecule has 0 unspecified atom stereocenters. The van der Waals surface area contributed by atoms with Gasteiger partial charge in [-0.2, -0.15) is 4.98 Å². The largest absolute Gasteiger partial charge is 0.465 e. The van der Waals surface area contributed by atoms with Crippen molar-refractivity contribution in [1.82, 2.24) is 15.3 Å². The predicted octanol–water partition coefficient (Wildman–Crippen LogP) is 4.91. The number of hydrogen-bond acceptors (Lipinski definition) is 5. The maximum absolute atomic E-state index is 13.4. The average molecular weight is 403 g/mol. The molecule has 0 saturated carbocycles. The Morgan fingerprint density at radius 1 is 1.10 bits per heavy atom. The van der Waals surface area contributed by atoms with E-state index in [4.69, 9.17) is 9.15 Å². The smallest absolute Gasteiger partial charge is 0.251 e. The van der Waals surface area contributed by atoms with Crippen molar-refractivity contribution in [3.05, 3.63) is 95.8 Å². The second-order valence-electron chi connectivity index (χ2n) is 6.55. The first kappa shape index (κ1) is 19.3. The Kier molecular flexibility index (Phi) is 5.52. The molecule has 0 aliphatic rings. The van der Waals surface area contributed by atoms with Crippen molar-refractivity contribution in [3.8, 4) is 23.0 Å². The summed E-state index contributed by atoms with van der Waals surface area (Å²) < 4.78 is 24.6. The quantitative estimate of drug-likeness (QED) is 0.495. The van der Waals surface area contributed by atoms with Gasteiger partial charge in [0, 0.05) is 23.4 Å². The van der Waals surface area contributed by atoms with Crippen LogP contribution >= 0.6 is 0 Å². The molecule has 4 rings (SSSR count). The molecule has 2 aromatic heterocycles. The Morgan fingerprint density at radius 2 is 1.93 bits per heavy atom. The zero-order valence-electron chi connectivity index (χ0n) is 16.1. The van der Waals surface area contributed by atoms with E-state index >= 15 is 0 Å². The van der Waals surface area contributed by atoms with Crippen LogP contribution in [-0.4, -0.2) is 15.9 Å². The van der Waals surface area contributed by atoms with Crippen molar-refractivity contribution in [2.45, 2.75) is 13.5 Å². The first-order chi connectivity index (χ1) is 14.6. The number of aryl methyl sites for hydroxylation is 1. The Hall–Kier alpha value is -4.00. The van der Waals surface area contributed by atoms with E-state index in [1.165, 1.54) is 12.1 Å². The van der Waals surface area contributed by atoms with Gasteiger partial charge in [0.05, 0.1) is 6.54 Å². The number of hydrogen-bond donors (Lipinski definition) is 1. The minimum absolute atomic E-state index is 0.217. The third-order valence-electron chi connectivity index (χ3n) is 4.27. The van der Waals surface area contributed by atoms with E-state index in [1.807, 2.05) is 19.1 Å². The van der Waals surface area contributed by atoms with Crippen LogP contribution in [-0.2, 0) is 6.54 Å².